The van der Waals surface area contributed by atoms with E-state index in [1.54, 1.807) is 6.33 Å². The lowest BCUT2D eigenvalue weighted by Gasteiger charge is -2.38. The van der Waals surface area contributed by atoms with E-state index in [9.17, 15) is 0 Å². The van der Waals surface area contributed by atoms with Crippen LogP contribution in [0, 0.1) is 5.92 Å². The van der Waals surface area contributed by atoms with Crippen molar-refractivity contribution in [3.63, 3.8) is 0 Å². The van der Waals surface area contributed by atoms with Crippen LogP contribution in [-0.2, 0) is 0 Å². The lowest BCUT2D eigenvalue weighted by atomic mass is 9.92. The molecular formula is C14H25N5. The number of piperidine rings is 1. The Bertz CT molecular complexity index is 432. The number of hydrogen-bond donors (Lipinski definition) is 2. The molecule has 2 heterocycles. The Morgan fingerprint density at radius 1 is 1.37 bits per heavy atom. The van der Waals surface area contributed by atoms with Gasteiger partial charge in [0.1, 0.15) is 18.0 Å². The number of hydrazine groups is 1. The molecule has 19 heavy (non-hydrogen) atoms. The zero-order valence-electron chi connectivity index (χ0n) is 12.3. The maximum absolute atomic E-state index is 5.58. The van der Waals surface area contributed by atoms with Gasteiger partial charge in [0.2, 0.25) is 0 Å². The average Bonchev–Trinajstić information content (AvgIpc) is 2.37. The first-order valence-corrected chi connectivity index (χ1v) is 7.12. The van der Waals surface area contributed by atoms with Crippen LogP contribution in [0.3, 0.4) is 0 Å². The number of nitrogens with one attached hydrogen (secondary N) is 1. The van der Waals surface area contributed by atoms with Crippen molar-refractivity contribution in [2.75, 3.05) is 16.9 Å². The molecule has 0 aliphatic carbocycles. The van der Waals surface area contributed by atoms with E-state index in [0.29, 0.717) is 12.0 Å². The summed E-state index contributed by atoms with van der Waals surface area (Å²) in [4.78, 5) is 11.2. The van der Waals surface area contributed by atoms with Crippen LogP contribution in [-0.4, -0.2) is 22.6 Å². The molecular weight excluding hydrogens is 238 g/mol. The molecule has 0 radical (unpaired) electrons. The molecule has 0 saturated carbocycles. The lowest BCUT2D eigenvalue weighted by molar-refractivity contribution is 0.375. The highest BCUT2D eigenvalue weighted by Crippen LogP contribution is 2.34. The minimum atomic E-state index is 0.341. The molecule has 1 aromatic heterocycles. The first-order valence-electron chi connectivity index (χ1n) is 7.12. The number of hydrogen-bond acceptors (Lipinski definition) is 5. The third kappa shape index (κ3) is 2.81. The van der Waals surface area contributed by atoms with E-state index in [2.05, 4.69) is 48.0 Å². The van der Waals surface area contributed by atoms with Gasteiger partial charge < -0.3 is 10.3 Å². The van der Waals surface area contributed by atoms with E-state index in [1.165, 1.54) is 12.8 Å². The van der Waals surface area contributed by atoms with Crippen LogP contribution in [0.4, 0.5) is 11.6 Å². The lowest BCUT2D eigenvalue weighted by Crippen LogP contribution is -2.41. The Kier molecular flexibility index (Phi) is 4.24. The monoisotopic (exact) mass is 263 g/mol. The van der Waals surface area contributed by atoms with Gasteiger partial charge in [0.05, 0.1) is 0 Å². The van der Waals surface area contributed by atoms with Crippen LogP contribution in [0.2, 0.25) is 0 Å². The summed E-state index contributed by atoms with van der Waals surface area (Å²) in [7, 11) is 0. The molecule has 1 aliphatic heterocycles. The highest BCUT2D eigenvalue weighted by atomic mass is 15.3. The summed E-state index contributed by atoms with van der Waals surface area (Å²) in [6.45, 7) is 9.96. The van der Waals surface area contributed by atoms with Gasteiger partial charge in [-0.1, -0.05) is 20.8 Å². The fraction of sp³-hybridized carbons (Fsp3) is 0.714. The average molecular weight is 263 g/mol. The van der Waals surface area contributed by atoms with E-state index >= 15 is 0 Å². The zero-order chi connectivity index (χ0) is 14.0. The van der Waals surface area contributed by atoms with Crippen molar-refractivity contribution in [2.45, 2.75) is 52.5 Å². The number of nitrogens with zero attached hydrogens (tertiary/aromatic N) is 3. The van der Waals surface area contributed by atoms with E-state index in [4.69, 9.17) is 5.84 Å². The minimum absolute atomic E-state index is 0.341. The predicted octanol–water partition coefficient (Wildman–Crippen LogP) is 2.51. The fourth-order valence-corrected chi connectivity index (χ4v) is 2.98. The van der Waals surface area contributed by atoms with Gasteiger partial charge in [0.15, 0.2) is 0 Å². The Labute approximate surface area is 115 Å². The van der Waals surface area contributed by atoms with Gasteiger partial charge in [0.25, 0.3) is 0 Å². The normalized spacial score (nSPS) is 23.8. The van der Waals surface area contributed by atoms with Crippen molar-refractivity contribution in [3.05, 3.63) is 11.9 Å². The van der Waals surface area contributed by atoms with Gasteiger partial charge in [-0.2, -0.15) is 0 Å². The summed E-state index contributed by atoms with van der Waals surface area (Å²) >= 11 is 0. The summed E-state index contributed by atoms with van der Waals surface area (Å²) in [6, 6.07) is 0.516. The molecule has 1 saturated heterocycles. The van der Waals surface area contributed by atoms with Crippen molar-refractivity contribution < 1.29 is 0 Å². The third-order valence-corrected chi connectivity index (χ3v) is 3.99. The SMILES string of the molecule is CC1CCN(c2ncnc(NN)c2C(C)C)C(C)C1. The van der Waals surface area contributed by atoms with Crippen LogP contribution >= 0.6 is 0 Å². The summed E-state index contributed by atoms with van der Waals surface area (Å²) in [5.41, 5.74) is 3.82. The summed E-state index contributed by atoms with van der Waals surface area (Å²) < 4.78 is 0. The minimum Gasteiger partial charge on any atom is -0.353 e. The number of nitrogen functional groups attached to an aromatic ring is 1. The maximum Gasteiger partial charge on any atom is 0.148 e. The van der Waals surface area contributed by atoms with Crippen LogP contribution in [0.1, 0.15) is 52.0 Å². The number of aromatic nitrogens is 2. The Morgan fingerprint density at radius 3 is 2.68 bits per heavy atom. The second-order valence-electron chi connectivity index (χ2n) is 5.93. The molecule has 2 rings (SSSR count). The maximum atomic E-state index is 5.58. The molecule has 3 N–H and O–H groups in total. The Balaban J connectivity index is 2.38. The summed E-state index contributed by atoms with van der Waals surface area (Å²) in [6.07, 6.45) is 4.03. The standard InChI is InChI=1S/C14H25N5/c1-9(2)12-13(18-15)16-8-17-14(12)19-6-5-10(3)7-11(19)4/h8-11H,5-7,15H2,1-4H3,(H,16,17,18). The molecule has 1 aromatic rings. The predicted molar refractivity (Wildman–Crippen MR) is 79.1 cm³/mol. The molecule has 1 aliphatic rings. The molecule has 2 atom stereocenters. The Morgan fingerprint density at radius 2 is 2.11 bits per heavy atom. The fourth-order valence-electron chi connectivity index (χ4n) is 2.98. The highest BCUT2D eigenvalue weighted by Gasteiger charge is 2.27. The molecule has 0 bridgehead atoms. The smallest absolute Gasteiger partial charge is 0.148 e. The largest absolute Gasteiger partial charge is 0.353 e. The van der Waals surface area contributed by atoms with E-state index in [1.807, 2.05) is 0 Å². The Hall–Kier alpha value is -1.36. The highest BCUT2D eigenvalue weighted by molar-refractivity contribution is 5.60. The van der Waals surface area contributed by atoms with Crippen LogP contribution in [0.25, 0.3) is 0 Å². The molecule has 5 nitrogen and oxygen atoms in total. The number of nitrogens with two attached hydrogens (primary N) is 1. The van der Waals surface area contributed by atoms with Gasteiger partial charge in [-0.15, -0.1) is 0 Å². The molecule has 0 amide bonds. The van der Waals surface area contributed by atoms with Crippen molar-refractivity contribution in [3.8, 4) is 0 Å². The summed E-state index contributed by atoms with van der Waals surface area (Å²) in [5, 5.41) is 0. The zero-order valence-corrected chi connectivity index (χ0v) is 12.3. The second kappa shape index (κ2) is 5.74. The van der Waals surface area contributed by atoms with Crippen molar-refractivity contribution in [1.82, 2.24) is 9.97 Å². The van der Waals surface area contributed by atoms with Gasteiger partial charge in [-0.25, -0.2) is 15.8 Å². The third-order valence-electron chi connectivity index (χ3n) is 3.99. The topological polar surface area (TPSA) is 67.1 Å². The number of rotatable bonds is 3. The van der Waals surface area contributed by atoms with Crippen LogP contribution in [0.15, 0.2) is 6.33 Å². The van der Waals surface area contributed by atoms with Crippen LogP contribution < -0.4 is 16.2 Å². The van der Waals surface area contributed by atoms with E-state index < -0.39 is 0 Å². The second-order valence-corrected chi connectivity index (χ2v) is 5.93. The van der Waals surface area contributed by atoms with Gasteiger partial charge in [0, 0.05) is 18.2 Å². The van der Waals surface area contributed by atoms with Crippen molar-refractivity contribution >= 4 is 11.6 Å². The molecule has 0 spiro atoms. The molecule has 1 fully saturated rings. The molecule has 5 heteroatoms. The number of anilines is 2. The van der Waals surface area contributed by atoms with Gasteiger partial charge >= 0.3 is 0 Å². The quantitative estimate of drug-likeness (QED) is 0.648. The van der Waals surface area contributed by atoms with Gasteiger partial charge in [-0.3, -0.25) is 0 Å². The van der Waals surface area contributed by atoms with Crippen LogP contribution in [0.5, 0.6) is 0 Å². The molecule has 0 aromatic carbocycles. The molecule has 106 valence electrons. The van der Waals surface area contributed by atoms with Crippen molar-refractivity contribution in [1.29, 1.82) is 0 Å². The first kappa shape index (κ1) is 14.1. The van der Waals surface area contributed by atoms with Crippen molar-refractivity contribution in [2.24, 2.45) is 11.8 Å². The van der Waals surface area contributed by atoms with Gasteiger partial charge in [-0.05, 0) is 31.6 Å². The van der Waals surface area contributed by atoms with E-state index in [0.717, 1.165) is 29.7 Å². The first-order chi connectivity index (χ1) is 9.04. The summed E-state index contributed by atoms with van der Waals surface area (Å²) in [5.74, 6) is 8.50. The van der Waals surface area contributed by atoms with E-state index in [-0.39, 0.29) is 0 Å². The molecule has 2 unspecified atom stereocenters.